The first-order valence-electron chi connectivity index (χ1n) is 4.09. The van der Waals surface area contributed by atoms with E-state index in [-0.39, 0.29) is 0 Å². The van der Waals surface area contributed by atoms with Crippen LogP contribution in [0.25, 0.3) is 12.2 Å². The lowest BCUT2D eigenvalue weighted by molar-refractivity contribution is 1.53. The van der Waals surface area contributed by atoms with Crippen molar-refractivity contribution in [3.63, 3.8) is 0 Å². The first-order valence-corrected chi connectivity index (χ1v) is 4.09. The molecule has 0 aliphatic rings. The Morgan fingerprint density at radius 3 is 1.86 bits per heavy atom. The fourth-order valence-electron chi connectivity index (χ4n) is 1.03. The molecule has 0 aliphatic carbocycles. The predicted octanol–water partition coefficient (Wildman–Crippen LogP) is 2.76. The van der Waals surface area contributed by atoms with Crippen LogP contribution < -0.4 is 0 Å². The first-order chi connectivity index (χ1) is 6.86. The Kier molecular flexibility index (Phi) is 3.73. The molecule has 2 heteroatoms. The summed E-state index contributed by atoms with van der Waals surface area (Å²) >= 11 is 0. The summed E-state index contributed by atoms with van der Waals surface area (Å²) in [5.41, 5.74) is 1.90. The Bertz CT molecular complexity index is 403. The zero-order chi connectivity index (χ0) is 10.2. The molecule has 0 N–H and O–H groups in total. The maximum absolute atomic E-state index is 8.34. The molecule has 0 bridgehead atoms. The second-order valence-electron chi connectivity index (χ2n) is 2.59. The van der Waals surface area contributed by atoms with Crippen LogP contribution in [0.5, 0.6) is 0 Å². The molecule has 0 saturated heterocycles. The van der Waals surface area contributed by atoms with E-state index in [2.05, 4.69) is 0 Å². The lowest BCUT2D eigenvalue weighted by Gasteiger charge is -1.94. The highest BCUT2D eigenvalue weighted by Crippen LogP contribution is 2.08. The molecular weight excluding hydrogens is 172 g/mol. The van der Waals surface area contributed by atoms with Crippen LogP contribution in [-0.2, 0) is 0 Å². The normalized spacial score (nSPS) is 10.1. The van der Waals surface area contributed by atoms with Gasteiger partial charge in [-0.05, 0) is 29.3 Å². The summed E-state index contributed by atoms with van der Waals surface area (Å²) in [6, 6.07) is 11.4. The van der Waals surface area contributed by atoms with Crippen LogP contribution in [0.15, 0.2) is 36.4 Å². The molecule has 1 aromatic carbocycles. The van der Waals surface area contributed by atoms with Crippen LogP contribution in [0.1, 0.15) is 11.1 Å². The van der Waals surface area contributed by atoms with Crippen LogP contribution in [0, 0.1) is 22.7 Å². The Morgan fingerprint density at radius 1 is 0.929 bits per heavy atom. The van der Waals surface area contributed by atoms with Gasteiger partial charge in [-0.2, -0.15) is 10.5 Å². The molecule has 0 aromatic heterocycles. The number of benzene rings is 1. The minimum atomic E-state index is 0.951. The summed E-state index contributed by atoms with van der Waals surface area (Å²) in [6.45, 7) is 0. The van der Waals surface area contributed by atoms with Gasteiger partial charge < -0.3 is 0 Å². The van der Waals surface area contributed by atoms with E-state index in [0.717, 1.165) is 11.1 Å². The first kappa shape index (κ1) is 9.77. The van der Waals surface area contributed by atoms with Gasteiger partial charge >= 0.3 is 0 Å². The van der Waals surface area contributed by atoms with Crippen molar-refractivity contribution in [3.8, 4) is 12.1 Å². The minimum absolute atomic E-state index is 0.951. The van der Waals surface area contributed by atoms with E-state index in [0.29, 0.717) is 0 Å². The highest BCUT2D eigenvalue weighted by molar-refractivity contribution is 5.59. The van der Waals surface area contributed by atoms with Crippen molar-refractivity contribution in [2.24, 2.45) is 0 Å². The maximum Gasteiger partial charge on any atom is 0.0912 e. The van der Waals surface area contributed by atoms with Crippen molar-refractivity contribution in [2.75, 3.05) is 0 Å². The van der Waals surface area contributed by atoms with Gasteiger partial charge in [0.2, 0.25) is 0 Å². The van der Waals surface area contributed by atoms with Gasteiger partial charge in [0, 0.05) is 12.2 Å². The molecule has 1 aromatic rings. The number of hydrogen-bond acceptors (Lipinski definition) is 2. The third kappa shape index (κ3) is 2.97. The molecule has 0 amide bonds. The Morgan fingerprint density at radius 2 is 1.43 bits per heavy atom. The largest absolute Gasteiger partial charge is 0.193 e. The van der Waals surface area contributed by atoms with Gasteiger partial charge in [0.15, 0.2) is 0 Å². The maximum atomic E-state index is 8.34. The highest BCUT2D eigenvalue weighted by Gasteiger charge is 1.88. The summed E-state index contributed by atoms with van der Waals surface area (Å²) in [7, 11) is 0. The van der Waals surface area contributed by atoms with E-state index in [1.54, 1.807) is 12.2 Å². The van der Waals surface area contributed by atoms with Gasteiger partial charge in [0.05, 0.1) is 12.1 Å². The van der Waals surface area contributed by atoms with Crippen LogP contribution in [-0.4, -0.2) is 0 Å². The molecule has 0 saturated carbocycles. The molecule has 0 spiro atoms. The molecule has 14 heavy (non-hydrogen) atoms. The van der Waals surface area contributed by atoms with Gasteiger partial charge in [-0.15, -0.1) is 0 Å². The summed E-state index contributed by atoms with van der Waals surface area (Å²) in [5.74, 6) is 0. The van der Waals surface area contributed by atoms with Crippen molar-refractivity contribution in [1.29, 1.82) is 10.5 Å². The summed E-state index contributed by atoms with van der Waals surface area (Å²) in [4.78, 5) is 0. The lowest BCUT2D eigenvalue weighted by atomic mass is 10.1. The standard InChI is InChI=1S/C12H8N2/c13-8-2-6-11-4-1-5-12(10-11)7-3-9-14/h1-7,10H/b6-2+,7-3+. The number of rotatable bonds is 2. The molecule has 0 unspecified atom stereocenters. The average Bonchev–Trinajstić information content (AvgIpc) is 2.24. The van der Waals surface area contributed by atoms with E-state index in [1.807, 2.05) is 36.4 Å². The summed E-state index contributed by atoms with van der Waals surface area (Å²) in [5, 5.41) is 16.7. The van der Waals surface area contributed by atoms with E-state index >= 15 is 0 Å². The second-order valence-corrected chi connectivity index (χ2v) is 2.59. The van der Waals surface area contributed by atoms with Crippen molar-refractivity contribution in [2.45, 2.75) is 0 Å². The zero-order valence-electron chi connectivity index (χ0n) is 7.51. The SMILES string of the molecule is N#C/C=C/c1cccc(/C=C/C#N)c1. The highest BCUT2D eigenvalue weighted by atomic mass is 14.2. The Hall–Kier alpha value is -2.32. The molecule has 0 radical (unpaired) electrons. The van der Waals surface area contributed by atoms with Crippen molar-refractivity contribution < 1.29 is 0 Å². The van der Waals surface area contributed by atoms with E-state index in [4.69, 9.17) is 10.5 Å². The molecule has 2 nitrogen and oxygen atoms in total. The van der Waals surface area contributed by atoms with Gasteiger partial charge in [-0.1, -0.05) is 18.2 Å². The molecular formula is C12H8N2. The third-order valence-corrected chi connectivity index (χ3v) is 1.61. The number of hydrogen-bond donors (Lipinski definition) is 0. The van der Waals surface area contributed by atoms with Gasteiger partial charge in [0.1, 0.15) is 0 Å². The predicted molar refractivity (Wildman–Crippen MR) is 55.7 cm³/mol. The minimum Gasteiger partial charge on any atom is -0.193 e. The fraction of sp³-hybridized carbons (Fsp3) is 0. The molecule has 1 rings (SSSR count). The number of allylic oxidation sites excluding steroid dienone is 2. The van der Waals surface area contributed by atoms with Crippen molar-refractivity contribution in [3.05, 3.63) is 47.5 Å². The van der Waals surface area contributed by atoms with E-state index in [1.165, 1.54) is 12.2 Å². The second kappa shape index (κ2) is 5.35. The van der Waals surface area contributed by atoms with Crippen LogP contribution in [0.2, 0.25) is 0 Å². The topological polar surface area (TPSA) is 47.6 Å². The molecule has 0 heterocycles. The summed E-state index contributed by atoms with van der Waals surface area (Å²) in [6.07, 6.45) is 6.30. The Labute approximate surface area is 83.0 Å². The van der Waals surface area contributed by atoms with Crippen LogP contribution in [0.4, 0.5) is 0 Å². The Balaban J connectivity index is 2.92. The van der Waals surface area contributed by atoms with Crippen LogP contribution >= 0.6 is 0 Å². The van der Waals surface area contributed by atoms with Gasteiger partial charge in [-0.3, -0.25) is 0 Å². The van der Waals surface area contributed by atoms with Crippen molar-refractivity contribution in [1.82, 2.24) is 0 Å². The lowest BCUT2D eigenvalue weighted by Crippen LogP contribution is -1.74. The smallest absolute Gasteiger partial charge is 0.0912 e. The number of nitriles is 2. The molecule has 0 aliphatic heterocycles. The van der Waals surface area contributed by atoms with Gasteiger partial charge in [0.25, 0.3) is 0 Å². The molecule has 0 atom stereocenters. The van der Waals surface area contributed by atoms with Crippen molar-refractivity contribution >= 4 is 12.2 Å². The molecule has 0 fully saturated rings. The number of nitrogens with zero attached hydrogens (tertiary/aromatic N) is 2. The van der Waals surface area contributed by atoms with Gasteiger partial charge in [-0.25, -0.2) is 0 Å². The van der Waals surface area contributed by atoms with E-state index in [9.17, 15) is 0 Å². The third-order valence-electron chi connectivity index (χ3n) is 1.61. The fourth-order valence-corrected chi connectivity index (χ4v) is 1.03. The monoisotopic (exact) mass is 180 g/mol. The van der Waals surface area contributed by atoms with E-state index < -0.39 is 0 Å². The quantitative estimate of drug-likeness (QED) is 0.657. The average molecular weight is 180 g/mol. The summed E-state index contributed by atoms with van der Waals surface area (Å²) < 4.78 is 0. The zero-order valence-corrected chi connectivity index (χ0v) is 7.51. The van der Waals surface area contributed by atoms with Crippen LogP contribution in [0.3, 0.4) is 0 Å². The molecule has 66 valence electrons.